The van der Waals surface area contributed by atoms with Crippen LogP contribution < -0.4 is 16.0 Å². The number of carbonyl (C=O) groups is 4. The van der Waals surface area contributed by atoms with Crippen LogP contribution in [0.25, 0.3) is 0 Å². The van der Waals surface area contributed by atoms with Crippen molar-refractivity contribution in [1.82, 2.24) is 20.9 Å². The van der Waals surface area contributed by atoms with Gasteiger partial charge in [0.05, 0.1) is 48.8 Å². The van der Waals surface area contributed by atoms with Crippen molar-refractivity contribution in [2.45, 2.75) is 50.6 Å². The number of benzene rings is 1. The minimum atomic E-state index is -1.40. The number of aliphatic hydroxyl groups excluding tert-OH is 1. The van der Waals surface area contributed by atoms with Crippen LogP contribution in [0, 0.1) is 11.8 Å². The maximum atomic E-state index is 13.6. The largest absolute Gasteiger partial charge is 0.507 e. The van der Waals surface area contributed by atoms with Gasteiger partial charge >= 0.3 is 5.97 Å². The molecule has 0 radical (unpaired) electrons. The molecule has 1 aromatic carbocycles. The van der Waals surface area contributed by atoms with Crippen molar-refractivity contribution in [3.8, 4) is 5.75 Å². The Labute approximate surface area is 225 Å². The SMILES string of the molecule is C[C@H]1NC(=O)[C@@H](C2COC2)OC(=O)[C@H](C)[C@H](O)[C@H](Cc2cccnc2)NC(=O)[C@H]1NC(=O)c1ccccc1O. The average molecular weight is 541 g/mol. The van der Waals surface area contributed by atoms with Gasteiger partial charge in [-0.3, -0.25) is 24.2 Å². The van der Waals surface area contributed by atoms with E-state index in [0.29, 0.717) is 5.56 Å². The first-order valence-corrected chi connectivity index (χ1v) is 12.7. The van der Waals surface area contributed by atoms with Crippen LogP contribution >= 0.6 is 0 Å². The van der Waals surface area contributed by atoms with Crippen LogP contribution in [-0.2, 0) is 30.3 Å². The van der Waals surface area contributed by atoms with Crippen LogP contribution in [0.3, 0.4) is 0 Å². The van der Waals surface area contributed by atoms with Gasteiger partial charge in [-0.25, -0.2) is 0 Å². The van der Waals surface area contributed by atoms with Gasteiger partial charge in [0.15, 0.2) is 6.10 Å². The smallest absolute Gasteiger partial charge is 0.312 e. The Balaban J connectivity index is 1.67. The predicted molar refractivity (Wildman–Crippen MR) is 136 cm³/mol. The van der Waals surface area contributed by atoms with E-state index in [0.717, 1.165) is 0 Å². The first-order valence-electron chi connectivity index (χ1n) is 12.7. The zero-order valence-electron chi connectivity index (χ0n) is 21.6. The molecular weight excluding hydrogens is 508 g/mol. The van der Waals surface area contributed by atoms with Crippen molar-refractivity contribution in [2.75, 3.05) is 13.2 Å². The molecule has 2 saturated heterocycles. The van der Waals surface area contributed by atoms with Gasteiger partial charge in [-0.2, -0.15) is 0 Å². The lowest BCUT2D eigenvalue weighted by molar-refractivity contribution is -0.178. The number of aromatic hydroxyl groups is 1. The number of cyclic esters (lactones) is 1. The number of phenols is 1. The zero-order valence-corrected chi connectivity index (χ0v) is 21.6. The highest BCUT2D eigenvalue weighted by atomic mass is 16.6. The first-order chi connectivity index (χ1) is 18.7. The Kier molecular flexibility index (Phi) is 8.77. The maximum Gasteiger partial charge on any atom is 0.312 e. The van der Waals surface area contributed by atoms with E-state index in [1.807, 2.05) is 0 Å². The standard InChI is InChI=1S/C27H32N4O8/c1-14-22(33)19(10-16-6-5-9-28-11-16)30-25(35)21(31-24(34)18-7-3-4-8-20(18)32)15(2)29-26(36)23(39-27(14)37)17-12-38-13-17/h3-9,11,14-15,17,19,21-23,32-33H,10,12-13H2,1-2H3,(H,29,36)(H,30,35)(H,31,34)/t14-,15-,19+,21+,22+,23-/m1/s1. The highest BCUT2D eigenvalue weighted by Gasteiger charge is 2.42. The van der Waals surface area contributed by atoms with Crippen LogP contribution in [0.4, 0.5) is 0 Å². The third kappa shape index (κ3) is 6.52. The topological polar surface area (TPSA) is 176 Å². The number of para-hydroxylation sites is 1. The quantitative estimate of drug-likeness (QED) is 0.318. The van der Waals surface area contributed by atoms with Gasteiger partial charge in [0, 0.05) is 12.4 Å². The van der Waals surface area contributed by atoms with Crippen molar-refractivity contribution < 1.29 is 38.9 Å². The van der Waals surface area contributed by atoms with E-state index in [1.165, 1.54) is 26.0 Å². The fourth-order valence-electron chi connectivity index (χ4n) is 4.51. The van der Waals surface area contributed by atoms with Crippen LogP contribution in [0.1, 0.15) is 29.8 Å². The molecule has 2 fully saturated rings. The van der Waals surface area contributed by atoms with Gasteiger partial charge in [-0.05, 0) is 44.0 Å². The van der Waals surface area contributed by atoms with Crippen molar-refractivity contribution in [3.63, 3.8) is 0 Å². The Bertz CT molecular complexity index is 1210. The normalized spacial score (nSPS) is 28.5. The molecular formula is C27H32N4O8. The molecule has 6 atom stereocenters. The number of aliphatic hydroxyl groups is 1. The van der Waals surface area contributed by atoms with Gasteiger partial charge in [0.25, 0.3) is 11.8 Å². The third-order valence-electron chi connectivity index (χ3n) is 6.98. The van der Waals surface area contributed by atoms with Gasteiger partial charge in [-0.15, -0.1) is 0 Å². The molecule has 39 heavy (non-hydrogen) atoms. The number of hydrogen-bond donors (Lipinski definition) is 5. The van der Waals surface area contributed by atoms with Gasteiger partial charge in [0.2, 0.25) is 5.91 Å². The van der Waals surface area contributed by atoms with Gasteiger partial charge in [-0.1, -0.05) is 18.2 Å². The highest BCUT2D eigenvalue weighted by molar-refractivity contribution is 6.00. The summed E-state index contributed by atoms with van der Waals surface area (Å²) in [5.41, 5.74) is 0.629. The summed E-state index contributed by atoms with van der Waals surface area (Å²) in [6, 6.07) is 6.05. The molecule has 1 aromatic heterocycles. The van der Waals surface area contributed by atoms with E-state index in [2.05, 4.69) is 20.9 Å². The number of nitrogens with one attached hydrogen (secondary N) is 3. The second kappa shape index (κ2) is 12.2. The molecule has 2 aliphatic rings. The van der Waals surface area contributed by atoms with Crippen molar-refractivity contribution in [3.05, 3.63) is 59.9 Å². The zero-order chi connectivity index (χ0) is 28.1. The summed E-state index contributed by atoms with van der Waals surface area (Å²) in [6.45, 7) is 3.38. The molecule has 12 nitrogen and oxygen atoms in total. The number of ether oxygens (including phenoxy) is 2. The molecule has 12 heteroatoms. The van der Waals surface area contributed by atoms with Gasteiger partial charge in [0.1, 0.15) is 11.8 Å². The van der Waals surface area contributed by atoms with Gasteiger partial charge < -0.3 is 35.6 Å². The lowest BCUT2D eigenvalue weighted by atomic mass is 9.92. The molecule has 0 bridgehead atoms. The molecule has 3 heterocycles. The highest BCUT2D eigenvalue weighted by Crippen LogP contribution is 2.23. The molecule has 0 unspecified atom stereocenters. The summed E-state index contributed by atoms with van der Waals surface area (Å²) in [5, 5.41) is 29.3. The number of hydrogen-bond acceptors (Lipinski definition) is 9. The third-order valence-corrected chi connectivity index (χ3v) is 6.98. The number of phenolic OH excluding ortho intramolecular Hbond substituents is 1. The van der Waals surface area contributed by atoms with E-state index in [9.17, 15) is 29.4 Å². The average Bonchev–Trinajstić information content (AvgIpc) is 2.89. The number of carbonyl (C=O) groups excluding carboxylic acids is 4. The fraction of sp³-hybridized carbons (Fsp3) is 0.444. The Morgan fingerprint density at radius 3 is 2.46 bits per heavy atom. The lowest BCUT2D eigenvalue weighted by Gasteiger charge is -2.36. The number of aromatic nitrogens is 1. The summed E-state index contributed by atoms with van der Waals surface area (Å²) in [7, 11) is 0. The Hall–Kier alpha value is -4.03. The van der Waals surface area contributed by atoms with Crippen molar-refractivity contribution in [2.24, 2.45) is 11.8 Å². The van der Waals surface area contributed by atoms with Crippen LogP contribution in [-0.4, -0.2) is 82.4 Å². The summed E-state index contributed by atoms with van der Waals surface area (Å²) in [4.78, 5) is 56.9. The molecule has 4 rings (SSSR count). The molecule has 2 aromatic rings. The van der Waals surface area contributed by atoms with Crippen molar-refractivity contribution in [1.29, 1.82) is 0 Å². The Morgan fingerprint density at radius 2 is 1.82 bits per heavy atom. The minimum Gasteiger partial charge on any atom is -0.507 e. The van der Waals surface area contributed by atoms with Crippen LogP contribution in [0.15, 0.2) is 48.8 Å². The molecule has 2 aliphatic heterocycles. The molecule has 5 N–H and O–H groups in total. The van der Waals surface area contributed by atoms with E-state index in [4.69, 9.17) is 9.47 Å². The molecule has 0 saturated carbocycles. The molecule has 208 valence electrons. The minimum absolute atomic E-state index is 0.0612. The number of rotatable bonds is 5. The number of pyridine rings is 1. The summed E-state index contributed by atoms with van der Waals surface area (Å²) < 4.78 is 10.7. The summed E-state index contributed by atoms with van der Waals surface area (Å²) in [6.07, 6.45) is 0.673. The summed E-state index contributed by atoms with van der Waals surface area (Å²) in [5.74, 6) is -4.68. The lowest BCUT2D eigenvalue weighted by Crippen LogP contribution is -2.63. The van der Waals surface area contributed by atoms with Crippen molar-refractivity contribution >= 4 is 23.7 Å². The number of amides is 3. The van der Waals surface area contributed by atoms with Crippen LogP contribution in [0.5, 0.6) is 5.75 Å². The molecule has 3 amide bonds. The van der Waals surface area contributed by atoms with E-state index >= 15 is 0 Å². The Morgan fingerprint density at radius 1 is 1.08 bits per heavy atom. The van der Waals surface area contributed by atoms with E-state index in [-0.39, 0.29) is 30.9 Å². The first kappa shape index (κ1) is 28.0. The fourth-order valence-corrected chi connectivity index (χ4v) is 4.51. The maximum absolute atomic E-state index is 13.6. The summed E-state index contributed by atoms with van der Waals surface area (Å²) >= 11 is 0. The molecule has 0 aliphatic carbocycles. The number of esters is 1. The predicted octanol–water partition coefficient (Wildman–Crippen LogP) is -0.313. The number of nitrogens with zero attached hydrogens (tertiary/aromatic N) is 1. The van der Waals surface area contributed by atoms with E-state index in [1.54, 1.807) is 36.7 Å². The second-order valence-corrected chi connectivity index (χ2v) is 9.88. The molecule has 0 spiro atoms. The second-order valence-electron chi connectivity index (χ2n) is 9.88. The van der Waals surface area contributed by atoms with E-state index < -0.39 is 65.9 Å². The monoisotopic (exact) mass is 540 g/mol. The van der Waals surface area contributed by atoms with Crippen LogP contribution in [0.2, 0.25) is 0 Å².